The van der Waals surface area contributed by atoms with Crippen LogP contribution in [0.5, 0.6) is 0 Å². The van der Waals surface area contributed by atoms with Crippen LogP contribution in [0.25, 0.3) is 0 Å². The minimum absolute atomic E-state index is 0.315. The Balaban J connectivity index is 2.22. The maximum absolute atomic E-state index is 12.6. The van der Waals surface area contributed by atoms with Gasteiger partial charge in [-0.2, -0.15) is 4.31 Å². The average Bonchev–Trinajstić information content (AvgIpc) is 2.50. The van der Waals surface area contributed by atoms with Crippen molar-refractivity contribution in [3.05, 3.63) is 40.9 Å². The number of rotatable bonds is 6. The van der Waals surface area contributed by atoms with Gasteiger partial charge in [0.1, 0.15) is 0 Å². The van der Waals surface area contributed by atoms with Crippen LogP contribution in [0.3, 0.4) is 0 Å². The molecule has 1 aliphatic rings. The van der Waals surface area contributed by atoms with E-state index in [-0.39, 0.29) is 0 Å². The largest absolute Gasteiger partial charge is 0.313 e. The van der Waals surface area contributed by atoms with Crippen molar-refractivity contribution < 1.29 is 8.42 Å². The zero-order valence-electron chi connectivity index (χ0n) is 12.2. The molecule has 0 unspecified atom stereocenters. The number of hydrogen-bond donors (Lipinski definition) is 1. The highest BCUT2D eigenvalue weighted by molar-refractivity contribution is 7.89. The quantitative estimate of drug-likeness (QED) is 0.645. The van der Waals surface area contributed by atoms with E-state index < -0.39 is 10.0 Å². The van der Waals surface area contributed by atoms with Crippen molar-refractivity contribution >= 4 is 21.6 Å². The van der Waals surface area contributed by atoms with Gasteiger partial charge in [0.25, 0.3) is 0 Å². The third kappa shape index (κ3) is 4.07. The molecular weight excluding hydrogens is 308 g/mol. The molecule has 0 spiro atoms. The van der Waals surface area contributed by atoms with E-state index in [9.17, 15) is 8.42 Å². The Bertz CT molecular complexity index is 614. The molecule has 4 nitrogen and oxygen atoms in total. The highest BCUT2D eigenvalue weighted by Crippen LogP contribution is 2.24. The molecule has 0 bridgehead atoms. The highest BCUT2D eigenvalue weighted by atomic mass is 35.5. The molecule has 1 N–H and O–H groups in total. The first-order chi connectivity index (χ1) is 10.1. The third-order valence-corrected chi connectivity index (χ3v) is 5.65. The zero-order chi connectivity index (χ0) is 15.3. The van der Waals surface area contributed by atoms with Gasteiger partial charge in [0.05, 0.1) is 4.90 Å². The van der Waals surface area contributed by atoms with E-state index in [1.165, 1.54) is 4.31 Å². The predicted octanol–water partition coefficient (Wildman–Crippen LogP) is 2.79. The first kappa shape index (κ1) is 16.5. The summed E-state index contributed by atoms with van der Waals surface area (Å²) in [6, 6.07) is 4.93. The lowest BCUT2D eigenvalue weighted by Crippen LogP contribution is -2.33. The molecule has 1 aliphatic heterocycles. The Morgan fingerprint density at radius 2 is 2.14 bits per heavy atom. The Labute approximate surface area is 131 Å². The monoisotopic (exact) mass is 328 g/mol. The van der Waals surface area contributed by atoms with Crippen molar-refractivity contribution in [2.24, 2.45) is 0 Å². The molecule has 116 valence electrons. The lowest BCUT2D eigenvalue weighted by atomic mass is 10.2. The van der Waals surface area contributed by atoms with Gasteiger partial charge in [-0.3, -0.25) is 0 Å². The molecule has 0 radical (unpaired) electrons. The second kappa shape index (κ2) is 7.40. The molecule has 1 aromatic rings. The van der Waals surface area contributed by atoms with E-state index >= 15 is 0 Å². The van der Waals surface area contributed by atoms with Gasteiger partial charge in [-0.15, -0.1) is 0 Å². The Morgan fingerprint density at radius 3 is 2.81 bits per heavy atom. The van der Waals surface area contributed by atoms with Crippen LogP contribution >= 0.6 is 11.6 Å². The van der Waals surface area contributed by atoms with Crippen molar-refractivity contribution in [3.63, 3.8) is 0 Å². The van der Waals surface area contributed by atoms with E-state index in [2.05, 4.69) is 12.2 Å². The highest BCUT2D eigenvalue weighted by Gasteiger charge is 2.24. The van der Waals surface area contributed by atoms with Crippen LogP contribution in [0.1, 0.15) is 25.3 Å². The Morgan fingerprint density at radius 1 is 1.33 bits per heavy atom. The summed E-state index contributed by atoms with van der Waals surface area (Å²) in [7, 11) is -3.44. The summed E-state index contributed by atoms with van der Waals surface area (Å²) in [5, 5.41) is 3.84. The second-order valence-corrected chi connectivity index (χ2v) is 7.40. The molecule has 0 fully saturated rings. The lowest BCUT2D eigenvalue weighted by molar-refractivity contribution is 0.437. The van der Waals surface area contributed by atoms with E-state index in [4.69, 9.17) is 11.6 Å². The molecule has 0 amide bonds. The summed E-state index contributed by atoms with van der Waals surface area (Å²) in [6.07, 6.45) is 5.68. The average molecular weight is 329 g/mol. The molecule has 2 rings (SSSR count). The molecule has 0 saturated heterocycles. The van der Waals surface area contributed by atoms with Crippen LogP contribution in [-0.4, -0.2) is 32.4 Å². The van der Waals surface area contributed by atoms with Crippen LogP contribution in [0.2, 0.25) is 5.02 Å². The van der Waals surface area contributed by atoms with Gasteiger partial charge in [-0.1, -0.05) is 30.7 Å². The number of hydrogen-bond acceptors (Lipinski definition) is 3. The molecule has 0 atom stereocenters. The number of nitrogens with one attached hydrogen (secondary N) is 1. The SMILES string of the molecule is CCCNCc1cc(S(=O)(=O)N2CC=CCC2)ccc1Cl. The second-order valence-electron chi connectivity index (χ2n) is 5.05. The van der Waals surface area contributed by atoms with E-state index in [0.29, 0.717) is 29.6 Å². The fourth-order valence-corrected chi connectivity index (χ4v) is 3.88. The summed E-state index contributed by atoms with van der Waals surface area (Å²) >= 11 is 6.15. The van der Waals surface area contributed by atoms with Gasteiger partial charge in [0, 0.05) is 24.7 Å². The van der Waals surface area contributed by atoms with Crippen LogP contribution in [0, 0.1) is 0 Å². The Kier molecular flexibility index (Phi) is 5.81. The fourth-order valence-electron chi connectivity index (χ4n) is 2.23. The van der Waals surface area contributed by atoms with Crippen LogP contribution < -0.4 is 5.32 Å². The minimum Gasteiger partial charge on any atom is -0.313 e. The van der Waals surface area contributed by atoms with Gasteiger partial charge in [0.15, 0.2) is 0 Å². The molecule has 0 saturated carbocycles. The minimum atomic E-state index is -3.44. The summed E-state index contributed by atoms with van der Waals surface area (Å²) < 4.78 is 26.7. The third-order valence-electron chi connectivity index (χ3n) is 3.42. The normalized spacial score (nSPS) is 16.3. The molecule has 6 heteroatoms. The van der Waals surface area contributed by atoms with Crippen molar-refractivity contribution in [2.45, 2.75) is 31.2 Å². The standard InChI is InChI=1S/C15H21ClN2O2S/c1-2-8-17-12-13-11-14(6-7-15(13)16)21(19,20)18-9-4-3-5-10-18/h3-4,6-7,11,17H,2,5,8-10,12H2,1H3. The molecule has 0 aliphatic carbocycles. The molecular formula is C15H21ClN2O2S. The van der Waals surface area contributed by atoms with Gasteiger partial charge < -0.3 is 5.32 Å². The first-order valence-corrected chi connectivity index (χ1v) is 9.02. The first-order valence-electron chi connectivity index (χ1n) is 7.20. The number of halogens is 1. The van der Waals surface area contributed by atoms with Gasteiger partial charge in [-0.25, -0.2) is 8.42 Å². The molecule has 1 heterocycles. The molecule has 21 heavy (non-hydrogen) atoms. The summed E-state index contributed by atoms with van der Waals surface area (Å²) in [4.78, 5) is 0.315. The number of nitrogens with zero attached hydrogens (tertiary/aromatic N) is 1. The summed E-state index contributed by atoms with van der Waals surface area (Å²) in [6.45, 7) is 4.51. The van der Waals surface area contributed by atoms with Gasteiger partial charge >= 0.3 is 0 Å². The van der Waals surface area contributed by atoms with Crippen molar-refractivity contribution in [2.75, 3.05) is 19.6 Å². The van der Waals surface area contributed by atoms with Crippen LogP contribution in [-0.2, 0) is 16.6 Å². The summed E-state index contributed by atoms with van der Waals surface area (Å²) in [5.41, 5.74) is 0.818. The van der Waals surface area contributed by atoms with Gasteiger partial charge in [0.2, 0.25) is 10.0 Å². The smallest absolute Gasteiger partial charge is 0.243 e. The van der Waals surface area contributed by atoms with Gasteiger partial charge in [-0.05, 0) is 43.1 Å². The maximum atomic E-state index is 12.6. The van der Waals surface area contributed by atoms with E-state index in [1.54, 1.807) is 18.2 Å². The Hall–Kier alpha value is -0.880. The number of benzene rings is 1. The zero-order valence-corrected chi connectivity index (χ0v) is 13.8. The summed E-state index contributed by atoms with van der Waals surface area (Å²) in [5.74, 6) is 0. The van der Waals surface area contributed by atoms with E-state index in [1.807, 2.05) is 12.2 Å². The molecule has 0 aromatic heterocycles. The van der Waals surface area contributed by atoms with Crippen LogP contribution in [0.4, 0.5) is 0 Å². The van der Waals surface area contributed by atoms with E-state index in [0.717, 1.165) is 24.9 Å². The maximum Gasteiger partial charge on any atom is 0.243 e. The van der Waals surface area contributed by atoms with Crippen LogP contribution in [0.15, 0.2) is 35.2 Å². The van der Waals surface area contributed by atoms with Crippen molar-refractivity contribution in [3.8, 4) is 0 Å². The van der Waals surface area contributed by atoms with Crippen molar-refractivity contribution in [1.29, 1.82) is 0 Å². The predicted molar refractivity (Wildman–Crippen MR) is 86.0 cm³/mol. The van der Waals surface area contributed by atoms with Crippen molar-refractivity contribution in [1.82, 2.24) is 9.62 Å². The topological polar surface area (TPSA) is 49.4 Å². The molecule has 1 aromatic carbocycles. The lowest BCUT2D eigenvalue weighted by Gasteiger charge is -2.23. The number of sulfonamides is 1. The fraction of sp³-hybridized carbons (Fsp3) is 0.467.